The Kier molecular flexibility index (Phi) is 6.18. The van der Waals surface area contributed by atoms with Crippen LogP contribution in [0.15, 0.2) is 78.9 Å². The standard InChI is InChI=1S/C25H26N2O3/c1-29-24-16-20(12-13-23(24)30-18-19-8-4-2-5-9-19)25(28)27-15-14-22(17-27)26-21-10-6-3-7-11-21/h2-13,16,22,26H,14-15,17-18H2,1H3. The Morgan fingerprint density at radius 3 is 2.47 bits per heavy atom. The first-order valence-corrected chi connectivity index (χ1v) is 10.2. The molecule has 0 bridgehead atoms. The Balaban J connectivity index is 1.39. The molecular formula is C25H26N2O3. The van der Waals surface area contributed by atoms with Gasteiger partial charge in [-0.2, -0.15) is 0 Å². The highest BCUT2D eigenvalue weighted by Gasteiger charge is 2.27. The van der Waals surface area contributed by atoms with Gasteiger partial charge in [0.2, 0.25) is 0 Å². The Morgan fingerprint density at radius 1 is 1.00 bits per heavy atom. The smallest absolute Gasteiger partial charge is 0.254 e. The van der Waals surface area contributed by atoms with Gasteiger partial charge in [0.1, 0.15) is 6.61 Å². The SMILES string of the molecule is COc1cc(C(=O)N2CCC(Nc3ccccc3)C2)ccc1OCc1ccccc1. The van der Waals surface area contributed by atoms with Gasteiger partial charge in [-0.3, -0.25) is 4.79 Å². The van der Waals surface area contributed by atoms with Gasteiger partial charge in [-0.05, 0) is 42.3 Å². The van der Waals surface area contributed by atoms with Crippen LogP contribution < -0.4 is 14.8 Å². The van der Waals surface area contributed by atoms with Crippen molar-refractivity contribution >= 4 is 11.6 Å². The number of ether oxygens (including phenoxy) is 2. The fourth-order valence-electron chi connectivity index (χ4n) is 3.67. The molecule has 1 unspecified atom stereocenters. The number of carbonyl (C=O) groups is 1. The lowest BCUT2D eigenvalue weighted by Crippen LogP contribution is -2.31. The zero-order chi connectivity index (χ0) is 20.8. The van der Waals surface area contributed by atoms with E-state index in [1.807, 2.05) is 77.7 Å². The lowest BCUT2D eigenvalue weighted by molar-refractivity contribution is 0.0791. The predicted octanol–water partition coefficient (Wildman–Crippen LogP) is 4.60. The molecular weight excluding hydrogens is 376 g/mol. The van der Waals surface area contributed by atoms with Crippen molar-refractivity contribution in [3.05, 3.63) is 90.0 Å². The Bertz CT molecular complexity index is 976. The van der Waals surface area contributed by atoms with Crippen molar-refractivity contribution in [2.45, 2.75) is 19.1 Å². The van der Waals surface area contributed by atoms with Crippen molar-refractivity contribution in [3.8, 4) is 11.5 Å². The number of benzene rings is 3. The number of rotatable bonds is 7. The van der Waals surface area contributed by atoms with E-state index in [0.29, 0.717) is 30.2 Å². The fraction of sp³-hybridized carbons (Fsp3) is 0.240. The first kappa shape index (κ1) is 19.8. The summed E-state index contributed by atoms with van der Waals surface area (Å²) in [6, 6.07) is 25.7. The van der Waals surface area contributed by atoms with Gasteiger partial charge in [0.05, 0.1) is 7.11 Å². The molecule has 4 rings (SSSR count). The van der Waals surface area contributed by atoms with Crippen LogP contribution in [0.2, 0.25) is 0 Å². The van der Waals surface area contributed by atoms with Crippen molar-refractivity contribution in [1.82, 2.24) is 4.90 Å². The number of nitrogens with one attached hydrogen (secondary N) is 1. The van der Waals surface area contributed by atoms with Crippen LogP contribution in [-0.2, 0) is 6.61 Å². The minimum absolute atomic E-state index is 0.0141. The minimum Gasteiger partial charge on any atom is -0.493 e. The summed E-state index contributed by atoms with van der Waals surface area (Å²) in [5, 5.41) is 3.50. The van der Waals surface area contributed by atoms with Gasteiger partial charge < -0.3 is 19.7 Å². The number of hydrogen-bond donors (Lipinski definition) is 1. The Morgan fingerprint density at radius 2 is 1.73 bits per heavy atom. The van der Waals surface area contributed by atoms with Crippen LogP contribution in [-0.4, -0.2) is 37.0 Å². The first-order chi connectivity index (χ1) is 14.7. The Hall–Kier alpha value is -3.47. The fourth-order valence-corrected chi connectivity index (χ4v) is 3.67. The molecule has 0 aromatic heterocycles. The van der Waals surface area contributed by atoms with Crippen LogP contribution in [0.5, 0.6) is 11.5 Å². The molecule has 1 atom stereocenters. The van der Waals surface area contributed by atoms with E-state index in [1.54, 1.807) is 13.2 Å². The van der Waals surface area contributed by atoms with Gasteiger partial charge in [-0.25, -0.2) is 0 Å². The van der Waals surface area contributed by atoms with E-state index in [0.717, 1.165) is 24.2 Å². The maximum absolute atomic E-state index is 13.0. The normalized spacial score (nSPS) is 15.6. The molecule has 1 saturated heterocycles. The second-order valence-electron chi connectivity index (χ2n) is 7.39. The van der Waals surface area contributed by atoms with Gasteiger partial charge in [-0.1, -0.05) is 48.5 Å². The summed E-state index contributed by atoms with van der Waals surface area (Å²) < 4.78 is 11.4. The number of methoxy groups -OCH3 is 1. The molecule has 1 N–H and O–H groups in total. The molecule has 1 heterocycles. The maximum atomic E-state index is 13.0. The monoisotopic (exact) mass is 402 g/mol. The maximum Gasteiger partial charge on any atom is 0.254 e. The average Bonchev–Trinajstić information content (AvgIpc) is 3.27. The van der Waals surface area contributed by atoms with Crippen molar-refractivity contribution < 1.29 is 14.3 Å². The van der Waals surface area contributed by atoms with Gasteiger partial charge in [0.15, 0.2) is 11.5 Å². The molecule has 1 fully saturated rings. The molecule has 3 aromatic rings. The van der Waals surface area contributed by atoms with Crippen LogP contribution in [0.25, 0.3) is 0 Å². The van der Waals surface area contributed by atoms with Crippen molar-refractivity contribution in [1.29, 1.82) is 0 Å². The summed E-state index contributed by atoms with van der Waals surface area (Å²) in [5.74, 6) is 1.21. The lowest BCUT2D eigenvalue weighted by Gasteiger charge is -2.19. The zero-order valence-corrected chi connectivity index (χ0v) is 17.1. The summed E-state index contributed by atoms with van der Waals surface area (Å²) in [6.45, 7) is 1.86. The molecule has 1 aliphatic rings. The topological polar surface area (TPSA) is 50.8 Å². The molecule has 0 spiro atoms. The van der Waals surface area contributed by atoms with E-state index in [4.69, 9.17) is 9.47 Å². The third-order valence-corrected chi connectivity index (χ3v) is 5.27. The molecule has 1 aliphatic heterocycles. The van der Waals surface area contributed by atoms with Gasteiger partial charge in [0, 0.05) is 30.4 Å². The molecule has 154 valence electrons. The van der Waals surface area contributed by atoms with Crippen molar-refractivity contribution in [3.63, 3.8) is 0 Å². The third-order valence-electron chi connectivity index (χ3n) is 5.27. The van der Waals surface area contributed by atoms with Crippen LogP contribution in [0, 0.1) is 0 Å². The number of carbonyl (C=O) groups excluding carboxylic acids is 1. The number of likely N-dealkylation sites (tertiary alicyclic amines) is 1. The number of para-hydroxylation sites is 1. The molecule has 0 aliphatic carbocycles. The summed E-state index contributed by atoms with van der Waals surface area (Å²) in [7, 11) is 1.59. The van der Waals surface area contributed by atoms with Gasteiger partial charge in [-0.15, -0.1) is 0 Å². The molecule has 5 heteroatoms. The molecule has 5 nitrogen and oxygen atoms in total. The highest BCUT2D eigenvalue weighted by atomic mass is 16.5. The molecule has 0 radical (unpaired) electrons. The average molecular weight is 402 g/mol. The van der Waals surface area contributed by atoms with E-state index < -0.39 is 0 Å². The zero-order valence-electron chi connectivity index (χ0n) is 17.1. The highest BCUT2D eigenvalue weighted by Crippen LogP contribution is 2.30. The van der Waals surface area contributed by atoms with Gasteiger partial charge in [0.25, 0.3) is 5.91 Å². The van der Waals surface area contributed by atoms with E-state index in [1.165, 1.54) is 0 Å². The van der Waals surface area contributed by atoms with Crippen LogP contribution in [0.3, 0.4) is 0 Å². The largest absolute Gasteiger partial charge is 0.493 e. The quantitative estimate of drug-likeness (QED) is 0.628. The van der Waals surface area contributed by atoms with Crippen LogP contribution >= 0.6 is 0 Å². The second kappa shape index (κ2) is 9.35. The summed E-state index contributed by atoms with van der Waals surface area (Å²) in [4.78, 5) is 14.9. The lowest BCUT2D eigenvalue weighted by atomic mass is 10.1. The molecule has 0 saturated carbocycles. The van der Waals surface area contributed by atoms with E-state index in [-0.39, 0.29) is 11.9 Å². The first-order valence-electron chi connectivity index (χ1n) is 10.2. The number of anilines is 1. The van der Waals surface area contributed by atoms with Crippen LogP contribution in [0.1, 0.15) is 22.3 Å². The van der Waals surface area contributed by atoms with E-state index in [9.17, 15) is 4.79 Å². The second-order valence-corrected chi connectivity index (χ2v) is 7.39. The predicted molar refractivity (Wildman–Crippen MR) is 118 cm³/mol. The summed E-state index contributed by atoms with van der Waals surface area (Å²) in [6.07, 6.45) is 0.927. The van der Waals surface area contributed by atoms with Crippen molar-refractivity contribution in [2.75, 3.05) is 25.5 Å². The molecule has 30 heavy (non-hydrogen) atoms. The van der Waals surface area contributed by atoms with E-state index >= 15 is 0 Å². The van der Waals surface area contributed by atoms with E-state index in [2.05, 4.69) is 5.32 Å². The van der Waals surface area contributed by atoms with Crippen molar-refractivity contribution in [2.24, 2.45) is 0 Å². The Labute approximate surface area is 177 Å². The molecule has 1 amide bonds. The third kappa shape index (κ3) is 4.74. The number of hydrogen-bond acceptors (Lipinski definition) is 4. The summed E-state index contributed by atoms with van der Waals surface area (Å²) in [5.41, 5.74) is 2.77. The summed E-state index contributed by atoms with van der Waals surface area (Å²) >= 11 is 0. The highest BCUT2D eigenvalue weighted by molar-refractivity contribution is 5.95. The minimum atomic E-state index is 0.0141. The van der Waals surface area contributed by atoms with Gasteiger partial charge >= 0.3 is 0 Å². The number of amides is 1. The molecule has 3 aromatic carbocycles. The number of nitrogens with zero attached hydrogens (tertiary/aromatic N) is 1. The van der Waals surface area contributed by atoms with Crippen LogP contribution in [0.4, 0.5) is 5.69 Å².